The smallest absolute Gasteiger partial charge is 0.306 e. The fourth-order valence-electron chi connectivity index (χ4n) is 10.2. The van der Waals surface area contributed by atoms with E-state index in [0.717, 1.165) is 51.4 Å². The van der Waals surface area contributed by atoms with Crippen LogP contribution in [0.15, 0.2) is 18.2 Å². The summed E-state index contributed by atoms with van der Waals surface area (Å²) < 4.78 is 5.47. The first-order valence-electron chi connectivity index (χ1n) is 16.5. The summed E-state index contributed by atoms with van der Waals surface area (Å²) in [6.07, 6.45) is 8.46. The first kappa shape index (κ1) is 31.9. The molecule has 10 unspecified atom stereocenters. The molecular weight excluding hydrogens is 548 g/mol. The number of ether oxygens (including phenoxy) is 1. The van der Waals surface area contributed by atoms with Crippen LogP contribution in [0.2, 0.25) is 0 Å². The molecular formula is C34H50N2O7. The average molecular weight is 599 g/mol. The fourth-order valence-corrected chi connectivity index (χ4v) is 10.2. The van der Waals surface area contributed by atoms with Crippen LogP contribution < -0.4 is 5.32 Å². The first-order valence-corrected chi connectivity index (χ1v) is 16.5. The molecule has 4 aliphatic rings. The van der Waals surface area contributed by atoms with Gasteiger partial charge in [0.2, 0.25) is 0 Å². The molecule has 4 aliphatic carbocycles. The van der Waals surface area contributed by atoms with Crippen molar-refractivity contribution in [2.75, 3.05) is 6.54 Å². The van der Waals surface area contributed by atoms with E-state index in [0.29, 0.717) is 48.5 Å². The van der Waals surface area contributed by atoms with Crippen LogP contribution >= 0.6 is 0 Å². The van der Waals surface area contributed by atoms with Gasteiger partial charge in [0.05, 0.1) is 22.7 Å². The molecule has 1 aromatic carbocycles. The number of nitrogens with one attached hydrogen (secondary N) is 1. The van der Waals surface area contributed by atoms with Gasteiger partial charge in [-0.05, 0) is 123 Å². The van der Waals surface area contributed by atoms with Crippen molar-refractivity contribution in [3.05, 3.63) is 39.4 Å². The average Bonchev–Trinajstić information content (AvgIpc) is 3.33. The van der Waals surface area contributed by atoms with E-state index in [2.05, 4.69) is 26.1 Å². The molecule has 0 saturated heterocycles. The molecule has 3 N–H and O–H groups in total. The normalized spacial score (nSPS) is 37.4. The number of aliphatic hydroxyl groups excluding tert-OH is 2. The predicted octanol–water partition coefficient (Wildman–Crippen LogP) is 5.79. The highest BCUT2D eigenvalue weighted by Crippen LogP contribution is 2.68. The van der Waals surface area contributed by atoms with Gasteiger partial charge in [-0.1, -0.05) is 20.8 Å². The van der Waals surface area contributed by atoms with Gasteiger partial charge < -0.3 is 20.3 Å². The van der Waals surface area contributed by atoms with Crippen LogP contribution in [0.5, 0.6) is 0 Å². The number of benzene rings is 1. The molecule has 238 valence electrons. The first-order chi connectivity index (χ1) is 20.4. The number of nitrogens with zero attached hydrogens (tertiary/aromatic N) is 1. The standard InChI is InChI=1S/C34H50N2O7/c1-5-35-32(40)21-7-8-22(28(16-21)36(41)42)19-43-30(39)11-6-20(2)25-9-10-26-31-27(13-15-34(25,26)4)33(3)14-12-24(37)17-23(33)18-29(31)38/h7-8,16,20,23-27,29,31,37-38H,5-6,9-15,17-19H2,1-4H3,(H,35,40). The number of carbonyl (C=O) groups is 2. The molecule has 0 aromatic heterocycles. The van der Waals surface area contributed by atoms with E-state index >= 15 is 0 Å². The molecule has 4 fully saturated rings. The third-order valence-electron chi connectivity index (χ3n) is 12.5. The lowest BCUT2D eigenvalue weighted by Gasteiger charge is -2.62. The number of nitro benzene ring substituents is 1. The number of fused-ring (bicyclic) bond motifs is 5. The van der Waals surface area contributed by atoms with Gasteiger partial charge in [0.1, 0.15) is 6.61 Å². The Balaban J connectivity index is 1.18. The summed E-state index contributed by atoms with van der Waals surface area (Å²) in [5.74, 6) is 1.73. The molecule has 9 heteroatoms. The van der Waals surface area contributed by atoms with E-state index < -0.39 is 4.92 Å². The molecule has 4 saturated carbocycles. The molecule has 43 heavy (non-hydrogen) atoms. The Kier molecular flexibility index (Phi) is 9.25. The van der Waals surface area contributed by atoms with E-state index in [1.165, 1.54) is 18.2 Å². The van der Waals surface area contributed by atoms with Crippen molar-refractivity contribution in [1.82, 2.24) is 5.32 Å². The molecule has 1 amide bonds. The minimum Gasteiger partial charge on any atom is -0.461 e. The van der Waals surface area contributed by atoms with E-state index in [4.69, 9.17) is 4.74 Å². The Morgan fingerprint density at radius 3 is 2.53 bits per heavy atom. The number of nitro groups is 1. The van der Waals surface area contributed by atoms with Crippen molar-refractivity contribution in [1.29, 1.82) is 0 Å². The summed E-state index contributed by atoms with van der Waals surface area (Å²) in [5.41, 5.74) is 0.559. The Labute approximate surface area is 255 Å². The largest absolute Gasteiger partial charge is 0.461 e. The van der Waals surface area contributed by atoms with Crippen molar-refractivity contribution in [3.63, 3.8) is 0 Å². The number of hydrogen-bond donors (Lipinski definition) is 3. The SMILES string of the molecule is CCNC(=O)c1ccc(COC(=O)CCC(C)C2CCC3C4C(O)CC5CC(O)CCC5(C)C4CCC23C)c([N+](=O)[O-])c1. The van der Waals surface area contributed by atoms with Crippen molar-refractivity contribution < 1.29 is 29.5 Å². The molecule has 5 rings (SSSR count). The number of rotatable bonds is 9. The fraction of sp³-hybridized carbons (Fsp3) is 0.765. The molecule has 0 heterocycles. The maximum Gasteiger partial charge on any atom is 0.306 e. The van der Waals surface area contributed by atoms with Crippen molar-refractivity contribution in [2.45, 2.75) is 111 Å². The highest BCUT2D eigenvalue weighted by Gasteiger charge is 2.62. The molecule has 10 atom stereocenters. The summed E-state index contributed by atoms with van der Waals surface area (Å²) >= 11 is 0. The summed E-state index contributed by atoms with van der Waals surface area (Å²) in [6, 6.07) is 4.21. The van der Waals surface area contributed by atoms with Crippen LogP contribution in [0, 0.1) is 56.5 Å². The zero-order valence-electron chi connectivity index (χ0n) is 26.2. The van der Waals surface area contributed by atoms with Gasteiger partial charge in [-0.15, -0.1) is 0 Å². The van der Waals surface area contributed by atoms with Crippen LogP contribution in [0.25, 0.3) is 0 Å². The van der Waals surface area contributed by atoms with Gasteiger partial charge >= 0.3 is 5.97 Å². The maximum absolute atomic E-state index is 12.8. The zero-order valence-corrected chi connectivity index (χ0v) is 26.2. The Morgan fingerprint density at radius 2 is 1.81 bits per heavy atom. The highest BCUT2D eigenvalue weighted by atomic mass is 16.6. The predicted molar refractivity (Wildman–Crippen MR) is 162 cm³/mol. The summed E-state index contributed by atoms with van der Waals surface area (Å²) in [5, 5.41) is 36.1. The Bertz CT molecular complexity index is 1220. The van der Waals surface area contributed by atoms with E-state index in [1.807, 2.05) is 0 Å². The van der Waals surface area contributed by atoms with Crippen LogP contribution in [-0.4, -0.2) is 45.8 Å². The topological polar surface area (TPSA) is 139 Å². The highest BCUT2D eigenvalue weighted by molar-refractivity contribution is 5.94. The van der Waals surface area contributed by atoms with E-state index in [1.54, 1.807) is 6.92 Å². The van der Waals surface area contributed by atoms with Crippen LogP contribution in [0.4, 0.5) is 5.69 Å². The minimum atomic E-state index is -0.554. The summed E-state index contributed by atoms with van der Waals surface area (Å²) in [4.78, 5) is 35.9. The van der Waals surface area contributed by atoms with Gasteiger partial charge in [0.25, 0.3) is 11.6 Å². The molecule has 0 bridgehead atoms. The molecule has 0 aliphatic heterocycles. The molecule has 1 aromatic rings. The molecule has 0 radical (unpaired) electrons. The number of carbonyl (C=O) groups excluding carboxylic acids is 2. The molecule has 0 spiro atoms. The second-order valence-electron chi connectivity index (χ2n) is 14.6. The number of hydrogen-bond acceptors (Lipinski definition) is 7. The maximum atomic E-state index is 12.8. The summed E-state index contributed by atoms with van der Waals surface area (Å²) in [6.45, 7) is 9.08. The zero-order chi connectivity index (χ0) is 31.1. The van der Waals surface area contributed by atoms with E-state index in [-0.39, 0.29) is 64.8 Å². The number of esters is 1. The van der Waals surface area contributed by atoms with E-state index in [9.17, 15) is 29.9 Å². The van der Waals surface area contributed by atoms with Gasteiger partial charge in [-0.25, -0.2) is 0 Å². The Morgan fingerprint density at radius 1 is 1.09 bits per heavy atom. The van der Waals surface area contributed by atoms with Gasteiger partial charge in [-0.3, -0.25) is 19.7 Å². The lowest BCUT2D eigenvalue weighted by atomic mass is 9.43. The third kappa shape index (κ3) is 5.96. The van der Waals surface area contributed by atoms with Gasteiger partial charge in [0, 0.05) is 24.6 Å². The minimum absolute atomic E-state index is 0.134. The number of aliphatic hydroxyl groups is 2. The third-order valence-corrected chi connectivity index (χ3v) is 12.5. The number of amides is 1. The lowest BCUT2D eigenvalue weighted by Crippen LogP contribution is -2.58. The van der Waals surface area contributed by atoms with Crippen molar-refractivity contribution in [2.24, 2.45) is 46.3 Å². The Hall–Kier alpha value is -2.52. The second-order valence-corrected chi connectivity index (χ2v) is 14.6. The van der Waals surface area contributed by atoms with Crippen LogP contribution in [-0.2, 0) is 16.1 Å². The second kappa shape index (κ2) is 12.5. The molecule has 9 nitrogen and oxygen atoms in total. The lowest BCUT2D eigenvalue weighted by molar-refractivity contribution is -0.385. The van der Waals surface area contributed by atoms with Crippen LogP contribution in [0.1, 0.15) is 108 Å². The monoisotopic (exact) mass is 598 g/mol. The van der Waals surface area contributed by atoms with Crippen molar-refractivity contribution in [3.8, 4) is 0 Å². The quantitative estimate of drug-likeness (QED) is 0.186. The van der Waals surface area contributed by atoms with Crippen molar-refractivity contribution >= 4 is 17.6 Å². The van der Waals surface area contributed by atoms with Gasteiger partial charge in [-0.2, -0.15) is 0 Å². The van der Waals surface area contributed by atoms with Crippen LogP contribution in [0.3, 0.4) is 0 Å². The van der Waals surface area contributed by atoms with Gasteiger partial charge in [0.15, 0.2) is 0 Å². The summed E-state index contributed by atoms with van der Waals surface area (Å²) in [7, 11) is 0.